The van der Waals surface area contributed by atoms with Gasteiger partial charge in [0.1, 0.15) is 12.2 Å². The van der Waals surface area contributed by atoms with Crippen LogP contribution in [0.2, 0.25) is 0 Å². The number of ether oxygens (including phenoxy) is 1. The van der Waals surface area contributed by atoms with Crippen LogP contribution in [0, 0.1) is 58.2 Å². The van der Waals surface area contributed by atoms with Crippen LogP contribution in [0.15, 0.2) is 0 Å². The summed E-state index contributed by atoms with van der Waals surface area (Å²) in [6.45, 7) is -1.75. The molecule has 0 bridgehead atoms. The largest absolute Gasteiger partial charge is 0.457 e. The first-order valence-electron chi connectivity index (χ1n) is 6.19. The quantitative estimate of drug-likeness (QED) is 0.334. The lowest BCUT2D eigenvalue weighted by Gasteiger charge is -2.11. The second-order valence-corrected chi connectivity index (χ2v) is 4.57. The van der Waals surface area contributed by atoms with Crippen molar-refractivity contribution in [2.45, 2.75) is 6.61 Å². The number of hydrogen-bond acceptors (Lipinski definition) is 2. The van der Waals surface area contributed by atoms with E-state index in [2.05, 4.69) is 4.74 Å². The average Bonchev–Trinajstić information content (AvgIpc) is 2.61. The summed E-state index contributed by atoms with van der Waals surface area (Å²) >= 11 is 0. The third-order valence-electron chi connectivity index (χ3n) is 3.06. The molecule has 0 saturated heterocycles. The smallest absolute Gasteiger partial charge is 0.344 e. The minimum absolute atomic E-state index is 1.70. The van der Waals surface area contributed by atoms with Crippen LogP contribution in [0.3, 0.4) is 0 Å². The standard InChI is InChI=1S/C14H2F10O2/c15-4-2(5(16)9(20)12(23)8(4)19)1-26-14(25)3-6(17)10(21)13(24)11(22)7(3)18/h1H2. The fraction of sp³-hybridized carbons (Fsp3) is 0.0714. The molecule has 2 nitrogen and oxygen atoms in total. The van der Waals surface area contributed by atoms with Gasteiger partial charge in [-0.3, -0.25) is 0 Å². The zero-order valence-corrected chi connectivity index (χ0v) is 11.8. The molecule has 0 heterocycles. The Labute approximate surface area is 136 Å². The average molecular weight is 392 g/mol. The fourth-order valence-corrected chi connectivity index (χ4v) is 1.77. The minimum Gasteiger partial charge on any atom is -0.457 e. The topological polar surface area (TPSA) is 26.3 Å². The molecule has 12 heteroatoms. The van der Waals surface area contributed by atoms with Gasteiger partial charge in [-0.05, 0) is 0 Å². The highest BCUT2D eigenvalue weighted by molar-refractivity contribution is 5.90. The van der Waals surface area contributed by atoms with Crippen LogP contribution in [0.1, 0.15) is 15.9 Å². The number of carbonyl (C=O) groups excluding carboxylic acids is 1. The molecular weight excluding hydrogens is 390 g/mol. The van der Waals surface area contributed by atoms with Gasteiger partial charge in [0.2, 0.25) is 11.6 Å². The summed E-state index contributed by atoms with van der Waals surface area (Å²) in [6.07, 6.45) is 0. The lowest BCUT2D eigenvalue weighted by atomic mass is 10.1. The van der Waals surface area contributed by atoms with E-state index in [1.54, 1.807) is 0 Å². The van der Waals surface area contributed by atoms with E-state index in [1.807, 2.05) is 0 Å². The monoisotopic (exact) mass is 392 g/mol. The summed E-state index contributed by atoms with van der Waals surface area (Å²) in [7, 11) is 0. The van der Waals surface area contributed by atoms with E-state index < -0.39 is 81.9 Å². The van der Waals surface area contributed by atoms with Crippen LogP contribution >= 0.6 is 0 Å². The molecule has 0 aliphatic heterocycles. The van der Waals surface area contributed by atoms with Crippen LogP contribution in [0.5, 0.6) is 0 Å². The van der Waals surface area contributed by atoms with Gasteiger partial charge in [0.25, 0.3) is 0 Å². The second kappa shape index (κ2) is 6.84. The van der Waals surface area contributed by atoms with Crippen molar-refractivity contribution in [3.8, 4) is 0 Å². The SMILES string of the molecule is O=C(OCc1c(F)c(F)c(F)c(F)c1F)c1c(F)c(F)c(F)c(F)c1F. The van der Waals surface area contributed by atoms with Crippen molar-refractivity contribution in [1.82, 2.24) is 0 Å². The highest BCUT2D eigenvalue weighted by Crippen LogP contribution is 2.26. The lowest BCUT2D eigenvalue weighted by molar-refractivity contribution is 0.0447. The zero-order chi connectivity index (χ0) is 19.9. The van der Waals surface area contributed by atoms with Gasteiger partial charge in [0, 0.05) is 0 Å². The van der Waals surface area contributed by atoms with E-state index in [1.165, 1.54) is 0 Å². The molecule has 0 N–H and O–H groups in total. The Morgan fingerprint density at radius 1 is 0.538 bits per heavy atom. The molecule has 0 fully saturated rings. The molecular formula is C14H2F10O2. The van der Waals surface area contributed by atoms with Gasteiger partial charge >= 0.3 is 5.97 Å². The van der Waals surface area contributed by atoms with Gasteiger partial charge in [-0.2, -0.15) is 0 Å². The van der Waals surface area contributed by atoms with Gasteiger partial charge in [0.05, 0.1) is 5.56 Å². The van der Waals surface area contributed by atoms with E-state index in [-0.39, 0.29) is 0 Å². The first-order chi connectivity index (χ1) is 12.0. The van der Waals surface area contributed by atoms with Crippen LogP contribution < -0.4 is 0 Å². The van der Waals surface area contributed by atoms with Crippen molar-refractivity contribution >= 4 is 5.97 Å². The third kappa shape index (κ3) is 2.95. The van der Waals surface area contributed by atoms with E-state index in [4.69, 9.17) is 0 Å². The summed E-state index contributed by atoms with van der Waals surface area (Å²) < 4.78 is 135. The van der Waals surface area contributed by atoms with Crippen molar-refractivity contribution in [1.29, 1.82) is 0 Å². The number of rotatable bonds is 3. The van der Waals surface area contributed by atoms with E-state index in [0.717, 1.165) is 0 Å². The van der Waals surface area contributed by atoms with Gasteiger partial charge in [-0.1, -0.05) is 0 Å². The molecule has 0 aliphatic rings. The van der Waals surface area contributed by atoms with Crippen molar-refractivity contribution < 1.29 is 53.4 Å². The predicted octanol–water partition coefficient (Wildman–Crippen LogP) is 4.43. The molecule has 0 atom stereocenters. The summed E-state index contributed by atoms with van der Waals surface area (Å²) in [5.41, 5.74) is -3.80. The Bertz CT molecular complexity index is 867. The number of hydrogen-bond donors (Lipinski definition) is 0. The Hall–Kier alpha value is -2.79. The minimum atomic E-state index is -2.59. The Morgan fingerprint density at radius 2 is 0.846 bits per heavy atom. The highest BCUT2D eigenvalue weighted by Gasteiger charge is 2.32. The summed E-state index contributed by atoms with van der Waals surface area (Å²) in [5.74, 6) is -27.2. The number of benzene rings is 2. The number of halogens is 10. The van der Waals surface area contributed by atoms with Crippen LogP contribution in [0.4, 0.5) is 43.9 Å². The third-order valence-corrected chi connectivity index (χ3v) is 3.06. The molecule has 0 saturated carbocycles. The molecule has 2 rings (SSSR count). The Kier molecular flexibility index (Phi) is 5.14. The molecule has 0 aromatic heterocycles. The Balaban J connectivity index is 2.41. The van der Waals surface area contributed by atoms with Crippen molar-refractivity contribution in [2.24, 2.45) is 0 Å². The van der Waals surface area contributed by atoms with E-state index in [9.17, 15) is 48.7 Å². The zero-order valence-electron chi connectivity index (χ0n) is 11.8. The van der Waals surface area contributed by atoms with Gasteiger partial charge in [-0.15, -0.1) is 0 Å². The molecule has 140 valence electrons. The van der Waals surface area contributed by atoms with Gasteiger partial charge < -0.3 is 4.74 Å². The van der Waals surface area contributed by atoms with Crippen LogP contribution in [-0.2, 0) is 11.3 Å². The maximum absolute atomic E-state index is 13.4. The number of carbonyl (C=O) groups is 1. The van der Waals surface area contributed by atoms with Crippen LogP contribution in [-0.4, -0.2) is 5.97 Å². The van der Waals surface area contributed by atoms with Crippen LogP contribution in [0.25, 0.3) is 0 Å². The summed E-state index contributed by atoms with van der Waals surface area (Å²) in [4.78, 5) is 11.5. The van der Waals surface area contributed by atoms with E-state index in [0.29, 0.717) is 0 Å². The first kappa shape index (κ1) is 19.5. The summed E-state index contributed by atoms with van der Waals surface area (Å²) in [5, 5.41) is 0. The summed E-state index contributed by atoms with van der Waals surface area (Å²) in [6, 6.07) is 0. The highest BCUT2D eigenvalue weighted by atomic mass is 19.2. The molecule has 0 unspecified atom stereocenters. The molecule has 2 aromatic rings. The van der Waals surface area contributed by atoms with E-state index >= 15 is 0 Å². The number of esters is 1. The lowest BCUT2D eigenvalue weighted by Crippen LogP contribution is -2.16. The molecule has 0 amide bonds. The molecule has 0 spiro atoms. The maximum Gasteiger partial charge on any atom is 0.344 e. The van der Waals surface area contributed by atoms with Gasteiger partial charge in [0.15, 0.2) is 46.5 Å². The molecule has 0 aliphatic carbocycles. The Morgan fingerprint density at radius 3 is 1.23 bits per heavy atom. The maximum atomic E-state index is 13.4. The predicted molar refractivity (Wildman–Crippen MR) is 61.6 cm³/mol. The molecule has 2 aromatic carbocycles. The van der Waals surface area contributed by atoms with Crippen molar-refractivity contribution in [3.63, 3.8) is 0 Å². The second-order valence-electron chi connectivity index (χ2n) is 4.57. The molecule has 26 heavy (non-hydrogen) atoms. The molecule has 0 radical (unpaired) electrons. The fourth-order valence-electron chi connectivity index (χ4n) is 1.77. The van der Waals surface area contributed by atoms with Crippen molar-refractivity contribution in [3.05, 3.63) is 69.3 Å². The normalized spacial score (nSPS) is 11.0. The first-order valence-corrected chi connectivity index (χ1v) is 6.19. The van der Waals surface area contributed by atoms with Crippen molar-refractivity contribution in [2.75, 3.05) is 0 Å². The van der Waals surface area contributed by atoms with Gasteiger partial charge in [-0.25, -0.2) is 48.7 Å².